The average molecular weight is 293 g/mol. The van der Waals surface area contributed by atoms with E-state index in [2.05, 4.69) is 20.6 Å². The molecule has 2 aromatic rings. The summed E-state index contributed by atoms with van der Waals surface area (Å²) in [7, 11) is 0. The fourth-order valence-electron chi connectivity index (χ4n) is 1.63. The number of hydrogen-bond donors (Lipinski definition) is 2. The van der Waals surface area contributed by atoms with E-state index < -0.39 is 4.92 Å². The molecule has 0 saturated heterocycles. The standard InChI is InChI=1S/C12H15N5O2S/c1-3-13-10-4-9(17(18)19)5-11(16-10)14-6-12-15-8(2)7-20-12/h4-5,7H,3,6H2,1-2H3,(H2,13,14,16). The minimum Gasteiger partial charge on any atom is -0.370 e. The summed E-state index contributed by atoms with van der Waals surface area (Å²) in [4.78, 5) is 19.1. The number of thiazole rings is 1. The highest BCUT2D eigenvalue weighted by atomic mass is 32.1. The summed E-state index contributed by atoms with van der Waals surface area (Å²) >= 11 is 1.54. The van der Waals surface area contributed by atoms with Crippen molar-refractivity contribution in [2.75, 3.05) is 17.2 Å². The number of nitrogens with one attached hydrogen (secondary N) is 2. The Morgan fingerprint density at radius 2 is 2.00 bits per heavy atom. The maximum atomic E-state index is 10.9. The number of hydrogen-bond acceptors (Lipinski definition) is 7. The Balaban J connectivity index is 2.15. The van der Waals surface area contributed by atoms with Gasteiger partial charge in [-0.1, -0.05) is 0 Å². The number of nitrogens with zero attached hydrogens (tertiary/aromatic N) is 3. The summed E-state index contributed by atoms with van der Waals surface area (Å²) < 4.78 is 0. The zero-order valence-electron chi connectivity index (χ0n) is 11.2. The first-order chi connectivity index (χ1) is 9.58. The first kappa shape index (κ1) is 14.2. The van der Waals surface area contributed by atoms with Crippen molar-refractivity contribution in [3.05, 3.63) is 38.3 Å². The highest BCUT2D eigenvalue weighted by Crippen LogP contribution is 2.21. The summed E-state index contributed by atoms with van der Waals surface area (Å²) in [6, 6.07) is 2.84. The van der Waals surface area contributed by atoms with Crippen molar-refractivity contribution in [1.82, 2.24) is 9.97 Å². The van der Waals surface area contributed by atoms with Crippen molar-refractivity contribution in [3.8, 4) is 0 Å². The summed E-state index contributed by atoms with van der Waals surface area (Å²) in [5.41, 5.74) is 0.973. The first-order valence-corrected chi connectivity index (χ1v) is 7.01. The molecule has 8 heteroatoms. The predicted molar refractivity (Wildman–Crippen MR) is 79.2 cm³/mol. The molecule has 0 bridgehead atoms. The van der Waals surface area contributed by atoms with Gasteiger partial charge in [0.1, 0.15) is 16.6 Å². The normalized spacial score (nSPS) is 10.3. The monoisotopic (exact) mass is 293 g/mol. The number of pyridine rings is 1. The summed E-state index contributed by atoms with van der Waals surface area (Å²) in [6.45, 7) is 4.98. The van der Waals surface area contributed by atoms with E-state index in [4.69, 9.17) is 0 Å². The van der Waals surface area contributed by atoms with E-state index in [0.717, 1.165) is 10.7 Å². The van der Waals surface area contributed by atoms with Gasteiger partial charge >= 0.3 is 0 Å². The molecule has 0 aliphatic carbocycles. The molecule has 2 heterocycles. The van der Waals surface area contributed by atoms with E-state index in [-0.39, 0.29) is 5.69 Å². The van der Waals surface area contributed by atoms with Crippen LogP contribution in [-0.4, -0.2) is 21.4 Å². The van der Waals surface area contributed by atoms with Gasteiger partial charge in [-0.25, -0.2) is 9.97 Å². The van der Waals surface area contributed by atoms with Gasteiger partial charge in [0, 0.05) is 17.6 Å². The Morgan fingerprint density at radius 3 is 2.55 bits per heavy atom. The Hall–Kier alpha value is -2.22. The predicted octanol–water partition coefficient (Wildman–Crippen LogP) is 2.80. The molecular formula is C12H15N5O2S. The van der Waals surface area contributed by atoms with Crippen molar-refractivity contribution >= 4 is 28.7 Å². The molecular weight excluding hydrogens is 278 g/mol. The van der Waals surface area contributed by atoms with Crippen LogP contribution < -0.4 is 10.6 Å². The molecule has 0 unspecified atom stereocenters. The van der Waals surface area contributed by atoms with E-state index in [1.165, 1.54) is 12.1 Å². The molecule has 0 amide bonds. The van der Waals surface area contributed by atoms with Crippen LogP contribution in [0.3, 0.4) is 0 Å². The molecule has 20 heavy (non-hydrogen) atoms. The molecule has 2 N–H and O–H groups in total. The lowest BCUT2D eigenvalue weighted by atomic mass is 10.3. The molecule has 0 aliphatic heterocycles. The average Bonchev–Trinajstić information content (AvgIpc) is 2.82. The SMILES string of the molecule is CCNc1cc([N+](=O)[O-])cc(NCc2nc(C)cs2)n1. The molecule has 0 spiro atoms. The lowest BCUT2D eigenvalue weighted by molar-refractivity contribution is -0.384. The number of anilines is 2. The smallest absolute Gasteiger partial charge is 0.276 e. The van der Waals surface area contributed by atoms with Crippen LogP contribution in [0.4, 0.5) is 17.3 Å². The van der Waals surface area contributed by atoms with Gasteiger partial charge in [0.05, 0.1) is 23.6 Å². The lowest BCUT2D eigenvalue weighted by Crippen LogP contribution is -2.06. The van der Waals surface area contributed by atoms with Crippen LogP contribution in [0.2, 0.25) is 0 Å². The lowest BCUT2D eigenvalue weighted by Gasteiger charge is -2.07. The zero-order chi connectivity index (χ0) is 14.5. The largest absolute Gasteiger partial charge is 0.370 e. The third-order valence-corrected chi connectivity index (χ3v) is 3.43. The molecule has 2 aromatic heterocycles. The Kier molecular flexibility index (Phi) is 4.46. The molecule has 0 fully saturated rings. The number of rotatable bonds is 6. The van der Waals surface area contributed by atoms with Crippen molar-refractivity contribution in [3.63, 3.8) is 0 Å². The molecule has 0 aliphatic rings. The second-order valence-corrected chi connectivity index (χ2v) is 5.06. The van der Waals surface area contributed by atoms with E-state index in [0.29, 0.717) is 24.7 Å². The molecule has 0 atom stereocenters. The Labute approximate surface area is 120 Å². The van der Waals surface area contributed by atoms with Crippen LogP contribution in [0.25, 0.3) is 0 Å². The third kappa shape index (κ3) is 3.64. The van der Waals surface area contributed by atoms with Crippen LogP contribution in [0.15, 0.2) is 17.5 Å². The topological polar surface area (TPSA) is 93.0 Å². The third-order valence-electron chi connectivity index (χ3n) is 2.47. The fraction of sp³-hybridized carbons (Fsp3) is 0.333. The van der Waals surface area contributed by atoms with E-state index in [1.807, 2.05) is 19.2 Å². The fourth-order valence-corrected chi connectivity index (χ4v) is 2.35. The van der Waals surface area contributed by atoms with E-state index in [1.54, 1.807) is 11.3 Å². The van der Waals surface area contributed by atoms with Gasteiger partial charge in [-0.3, -0.25) is 10.1 Å². The molecule has 0 saturated carbocycles. The molecule has 2 rings (SSSR count). The van der Waals surface area contributed by atoms with Gasteiger partial charge in [-0.2, -0.15) is 0 Å². The van der Waals surface area contributed by atoms with Gasteiger partial charge < -0.3 is 10.6 Å². The van der Waals surface area contributed by atoms with Gasteiger partial charge in [-0.05, 0) is 13.8 Å². The second kappa shape index (κ2) is 6.29. The molecule has 106 valence electrons. The van der Waals surface area contributed by atoms with Crippen LogP contribution in [-0.2, 0) is 6.54 Å². The van der Waals surface area contributed by atoms with Crippen molar-refractivity contribution in [2.24, 2.45) is 0 Å². The summed E-state index contributed by atoms with van der Waals surface area (Å²) in [6.07, 6.45) is 0. The van der Waals surface area contributed by atoms with Crippen LogP contribution in [0.1, 0.15) is 17.6 Å². The number of aryl methyl sites for hydroxylation is 1. The first-order valence-electron chi connectivity index (χ1n) is 6.13. The minimum atomic E-state index is -0.429. The summed E-state index contributed by atoms with van der Waals surface area (Å²) in [5, 5.41) is 19.8. The molecule has 7 nitrogen and oxygen atoms in total. The van der Waals surface area contributed by atoms with Crippen molar-refractivity contribution in [1.29, 1.82) is 0 Å². The van der Waals surface area contributed by atoms with E-state index in [9.17, 15) is 10.1 Å². The maximum absolute atomic E-state index is 10.9. The molecule has 0 radical (unpaired) electrons. The molecule has 0 aromatic carbocycles. The maximum Gasteiger partial charge on any atom is 0.276 e. The van der Waals surface area contributed by atoms with Gasteiger partial charge in [-0.15, -0.1) is 11.3 Å². The van der Waals surface area contributed by atoms with Crippen molar-refractivity contribution < 1.29 is 4.92 Å². The Morgan fingerprint density at radius 1 is 1.30 bits per heavy atom. The zero-order valence-corrected chi connectivity index (χ0v) is 12.0. The van der Waals surface area contributed by atoms with E-state index >= 15 is 0 Å². The van der Waals surface area contributed by atoms with Crippen LogP contribution in [0, 0.1) is 17.0 Å². The quantitative estimate of drug-likeness (QED) is 0.628. The number of nitro groups is 1. The van der Waals surface area contributed by atoms with Gasteiger partial charge in [0.25, 0.3) is 5.69 Å². The van der Waals surface area contributed by atoms with Crippen molar-refractivity contribution in [2.45, 2.75) is 20.4 Å². The van der Waals surface area contributed by atoms with Gasteiger partial charge in [0.2, 0.25) is 0 Å². The number of aromatic nitrogens is 2. The highest BCUT2D eigenvalue weighted by Gasteiger charge is 2.11. The van der Waals surface area contributed by atoms with Crippen LogP contribution in [0.5, 0.6) is 0 Å². The van der Waals surface area contributed by atoms with Gasteiger partial charge in [0.15, 0.2) is 0 Å². The summed E-state index contributed by atoms with van der Waals surface area (Å²) in [5.74, 6) is 0.947. The second-order valence-electron chi connectivity index (χ2n) is 4.12. The Bertz CT molecular complexity index is 614. The highest BCUT2D eigenvalue weighted by molar-refractivity contribution is 7.09. The minimum absolute atomic E-state index is 0.00812. The van der Waals surface area contributed by atoms with Crippen LogP contribution >= 0.6 is 11.3 Å².